The van der Waals surface area contributed by atoms with Crippen molar-refractivity contribution in [1.82, 2.24) is 4.98 Å². The summed E-state index contributed by atoms with van der Waals surface area (Å²) in [5, 5.41) is 1.15. The second-order valence-corrected chi connectivity index (χ2v) is 12.1. The number of rotatable bonds is 5. The quantitative estimate of drug-likeness (QED) is 0.652. The van der Waals surface area contributed by atoms with Crippen LogP contribution in [0, 0.1) is 0 Å². The first kappa shape index (κ1) is 16.0. The lowest BCUT2D eigenvalue weighted by molar-refractivity contribution is 0.483. The molecule has 1 heterocycles. The van der Waals surface area contributed by atoms with Crippen LogP contribution in [0.2, 0.25) is 16.6 Å². The van der Waals surface area contributed by atoms with Crippen LogP contribution in [-0.2, 0) is 0 Å². The maximum absolute atomic E-state index is 6.78. The zero-order chi connectivity index (χ0) is 15.6. The summed E-state index contributed by atoms with van der Waals surface area (Å²) >= 11 is 0. The fourth-order valence-corrected chi connectivity index (χ4v) is 8.96. The van der Waals surface area contributed by atoms with Crippen molar-refractivity contribution in [3.8, 4) is 5.75 Å². The lowest BCUT2D eigenvalue weighted by Crippen LogP contribution is -2.50. The monoisotopic (exact) mass is 301 g/mol. The molecule has 0 aliphatic rings. The molecule has 21 heavy (non-hydrogen) atoms. The zero-order valence-electron chi connectivity index (χ0n) is 14.1. The summed E-state index contributed by atoms with van der Waals surface area (Å²) < 4.78 is 6.78. The molecule has 0 saturated carbocycles. The van der Waals surface area contributed by atoms with Gasteiger partial charge in [-0.15, -0.1) is 0 Å². The van der Waals surface area contributed by atoms with Gasteiger partial charge in [0, 0.05) is 11.6 Å². The SMILES string of the molecule is CC(C)[Si](Oc1cccc2cccnc12)(C(C)C)C(C)C. The van der Waals surface area contributed by atoms with E-state index in [1.54, 1.807) is 0 Å². The van der Waals surface area contributed by atoms with E-state index >= 15 is 0 Å². The standard InChI is InChI=1S/C18H27NOSi/c1-13(2)21(14(3)4,15(5)6)20-17-11-7-9-16-10-8-12-19-18(16)17/h7-15H,1-6H3. The van der Waals surface area contributed by atoms with Gasteiger partial charge in [-0.25, -0.2) is 0 Å². The van der Waals surface area contributed by atoms with E-state index < -0.39 is 8.32 Å². The van der Waals surface area contributed by atoms with E-state index in [9.17, 15) is 0 Å². The van der Waals surface area contributed by atoms with Gasteiger partial charge in [0.1, 0.15) is 11.3 Å². The summed E-state index contributed by atoms with van der Waals surface area (Å²) in [6, 6.07) is 10.3. The van der Waals surface area contributed by atoms with Crippen LogP contribution >= 0.6 is 0 Å². The van der Waals surface area contributed by atoms with Crippen molar-refractivity contribution in [2.24, 2.45) is 0 Å². The van der Waals surface area contributed by atoms with E-state index in [-0.39, 0.29) is 0 Å². The summed E-state index contributed by atoms with van der Waals surface area (Å²) in [5.41, 5.74) is 2.68. The molecule has 0 aliphatic heterocycles. The lowest BCUT2D eigenvalue weighted by Gasteiger charge is -2.42. The van der Waals surface area contributed by atoms with Gasteiger partial charge in [-0.05, 0) is 28.8 Å². The first-order valence-electron chi connectivity index (χ1n) is 7.92. The minimum atomic E-state index is -1.93. The molecule has 0 aliphatic carbocycles. The van der Waals surface area contributed by atoms with E-state index in [4.69, 9.17) is 4.43 Å². The number of para-hydroxylation sites is 1. The summed E-state index contributed by atoms with van der Waals surface area (Å²) in [4.78, 5) is 4.54. The van der Waals surface area contributed by atoms with Crippen LogP contribution < -0.4 is 4.43 Å². The molecule has 1 aromatic heterocycles. The van der Waals surface area contributed by atoms with E-state index in [2.05, 4.69) is 70.8 Å². The van der Waals surface area contributed by atoms with Crippen molar-refractivity contribution in [1.29, 1.82) is 0 Å². The Morgan fingerprint density at radius 3 is 2.00 bits per heavy atom. The molecule has 0 unspecified atom stereocenters. The van der Waals surface area contributed by atoms with Gasteiger partial charge in [0.2, 0.25) is 0 Å². The predicted molar refractivity (Wildman–Crippen MR) is 93.4 cm³/mol. The van der Waals surface area contributed by atoms with Crippen molar-refractivity contribution >= 4 is 19.2 Å². The Labute approximate surface area is 129 Å². The maximum atomic E-state index is 6.78. The minimum Gasteiger partial charge on any atom is -0.541 e. The zero-order valence-corrected chi connectivity index (χ0v) is 15.1. The third-order valence-corrected chi connectivity index (χ3v) is 10.6. The molecule has 0 atom stereocenters. The average molecular weight is 302 g/mol. The molecule has 0 bridgehead atoms. The van der Waals surface area contributed by atoms with Gasteiger partial charge < -0.3 is 4.43 Å². The van der Waals surface area contributed by atoms with Gasteiger partial charge >= 0.3 is 0 Å². The molecule has 0 amide bonds. The van der Waals surface area contributed by atoms with Crippen molar-refractivity contribution in [2.45, 2.75) is 58.2 Å². The fourth-order valence-electron chi connectivity index (χ4n) is 3.70. The maximum Gasteiger partial charge on any atom is 0.258 e. The molecular formula is C18H27NOSi. The van der Waals surface area contributed by atoms with Crippen LogP contribution in [0.3, 0.4) is 0 Å². The normalized spacial score (nSPS) is 12.6. The molecule has 3 heteroatoms. The average Bonchev–Trinajstić information content (AvgIpc) is 2.43. The van der Waals surface area contributed by atoms with Crippen LogP contribution in [0.5, 0.6) is 5.75 Å². The molecule has 114 valence electrons. The summed E-state index contributed by atoms with van der Waals surface area (Å²) in [5.74, 6) is 0.955. The number of pyridine rings is 1. The van der Waals surface area contributed by atoms with Crippen molar-refractivity contribution < 1.29 is 4.43 Å². The smallest absolute Gasteiger partial charge is 0.258 e. The fraction of sp³-hybridized carbons (Fsp3) is 0.500. The highest BCUT2D eigenvalue weighted by Crippen LogP contribution is 2.43. The van der Waals surface area contributed by atoms with Gasteiger partial charge in [0.05, 0.1) is 0 Å². The second kappa shape index (κ2) is 6.18. The number of aromatic nitrogens is 1. The van der Waals surface area contributed by atoms with Crippen LogP contribution in [0.15, 0.2) is 36.5 Å². The van der Waals surface area contributed by atoms with Crippen LogP contribution in [0.25, 0.3) is 10.9 Å². The molecule has 1 aromatic carbocycles. The molecule has 2 aromatic rings. The number of benzene rings is 1. The van der Waals surface area contributed by atoms with E-state index in [0.29, 0.717) is 16.6 Å². The number of nitrogens with zero attached hydrogens (tertiary/aromatic N) is 1. The first-order chi connectivity index (χ1) is 9.89. The topological polar surface area (TPSA) is 22.1 Å². The van der Waals surface area contributed by atoms with E-state index in [1.807, 2.05) is 12.3 Å². The van der Waals surface area contributed by atoms with Crippen molar-refractivity contribution in [2.75, 3.05) is 0 Å². The van der Waals surface area contributed by atoms with Crippen LogP contribution in [0.1, 0.15) is 41.5 Å². The Morgan fingerprint density at radius 2 is 1.43 bits per heavy atom. The predicted octanol–water partition coefficient (Wildman–Crippen LogP) is 5.79. The third kappa shape index (κ3) is 2.84. The van der Waals surface area contributed by atoms with Gasteiger partial charge in [0.25, 0.3) is 8.32 Å². The van der Waals surface area contributed by atoms with Crippen molar-refractivity contribution in [3.05, 3.63) is 36.5 Å². The first-order valence-corrected chi connectivity index (χ1v) is 10.1. The molecule has 2 nitrogen and oxygen atoms in total. The Bertz CT molecular complexity index is 580. The van der Waals surface area contributed by atoms with E-state index in [0.717, 1.165) is 16.7 Å². The summed E-state index contributed by atoms with van der Waals surface area (Å²) in [6.45, 7) is 13.9. The Kier molecular flexibility index (Phi) is 4.72. The van der Waals surface area contributed by atoms with Gasteiger partial charge in [-0.3, -0.25) is 4.98 Å². The Morgan fingerprint density at radius 1 is 0.857 bits per heavy atom. The molecular weight excluding hydrogens is 274 g/mol. The Balaban J connectivity index is 2.54. The molecule has 0 fully saturated rings. The van der Waals surface area contributed by atoms with Gasteiger partial charge in [0.15, 0.2) is 0 Å². The lowest BCUT2D eigenvalue weighted by atomic mass is 10.2. The van der Waals surface area contributed by atoms with Crippen LogP contribution in [0.4, 0.5) is 0 Å². The molecule has 0 radical (unpaired) electrons. The number of hydrogen-bond donors (Lipinski definition) is 0. The van der Waals surface area contributed by atoms with Crippen molar-refractivity contribution in [3.63, 3.8) is 0 Å². The van der Waals surface area contributed by atoms with Crippen LogP contribution in [-0.4, -0.2) is 13.3 Å². The molecule has 0 N–H and O–H groups in total. The number of hydrogen-bond acceptors (Lipinski definition) is 2. The highest BCUT2D eigenvalue weighted by molar-refractivity contribution is 6.78. The highest BCUT2D eigenvalue weighted by atomic mass is 28.4. The summed E-state index contributed by atoms with van der Waals surface area (Å²) in [6.07, 6.45) is 1.85. The van der Waals surface area contributed by atoms with Gasteiger partial charge in [-0.1, -0.05) is 59.7 Å². The number of fused-ring (bicyclic) bond motifs is 1. The molecule has 0 spiro atoms. The second-order valence-electron chi connectivity index (χ2n) is 6.75. The highest BCUT2D eigenvalue weighted by Gasteiger charge is 2.47. The molecule has 2 rings (SSSR count). The Hall–Kier alpha value is -1.35. The largest absolute Gasteiger partial charge is 0.541 e. The molecule has 0 saturated heterocycles. The third-order valence-electron chi connectivity index (χ3n) is 4.59. The summed E-state index contributed by atoms with van der Waals surface area (Å²) in [7, 11) is -1.93. The minimum absolute atomic E-state index is 0.566. The van der Waals surface area contributed by atoms with E-state index in [1.165, 1.54) is 0 Å². The van der Waals surface area contributed by atoms with Gasteiger partial charge in [-0.2, -0.15) is 0 Å².